The Labute approximate surface area is 112 Å². The first-order valence-corrected chi connectivity index (χ1v) is 6.25. The lowest BCUT2D eigenvalue weighted by molar-refractivity contribution is -0.130. The first-order chi connectivity index (χ1) is 9.15. The maximum absolute atomic E-state index is 12.0. The fourth-order valence-corrected chi connectivity index (χ4v) is 1.90. The SMILES string of the molecule is CN(Cc1cnn(C)c1)C(=O)CCc1cccnc1. The van der Waals surface area contributed by atoms with Gasteiger partial charge in [0.05, 0.1) is 6.20 Å². The molecule has 5 nitrogen and oxygen atoms in total. The lowest BCUT2D eigenvalue weighted by Gasteiger charge is -2.16. The highest BCUT2D eigenvalue weighted by Crippen LogP contribution is 2.06. The van der Waals surface area contributed by atoms with Crippen LogP contribution in [-0.2, 0) is 24.8 Å². The van der Waals surface area contributed by atoms with Crippen molar-refractivity contribution in [3.05, 3.63) is 48.0 Å². The van der Waals surface area contributed by atoms with Crippen LogP contribution in [-0.4, -0.2) is 32.6 Å². The van der Waals surface area contributed by atoms with Gasteiger partial charge in [0, 0.05) is 51.2 Å². The van der Waals surface area contributed by atoms with Crippen LogP contribution in [0, 0.1) is 0 Å². The van der Waals surface area contributed by atoms with E-state index in [4.69, 9.17) is 0 Å². The van der Waals surface area contributed by atoms with Crippen LogP contribution in [0.15, 0.2) is 36.9 Å². The van der Waals surface area contributed by atoms with Gasteiger partial charge in [-0.25, -0.2) is 0 Å². The second-order valence-electron chi connectivity index (χ2n) is 4.63. The minimum Gasteiger partial charge on any atom is -0.341 e. The van der Waals surface area contributed by atoms with Crippen molar-refractivity contribution in [2.45, 2.75) is 19.4 Å². The van der Waals surface area contributed by atoms with Crippen LogP contribution in [0.4, 0.5) is 0 Å². The van der Waals surface area contributed by atoms with E-state index < -0.39 is 0 Å². The number of pyridine rings is 1. The molecule has 0 aliphatic heterocycles. The largest absolute Gasteiger partial charge is 0.341 e. The average molecular weight is 258 g/mol. The van der Waals surface area contributed by atoms with E-state index in [1.165, 1.54) is 0 Å². The number of aryl methyl sites for hydroxylation is 2. The standard InChI is InChI=1S/C14H18N4O/c1-17(10-13-9-16-18(2)11-13)14(19)6-5-12-4-3-7-15-8-12/h3-4,7-9,11H,5-6,10H2,1-2H3. The van der Waals surface area contributed by atoms with E-state index in [0.717, 1.165) is 17.5 Å². The lowest BCUT2D eigenvalue weighted by Crippen LogP contribution is -2.26. The Morgan fingerprint density at radius 3 is 2.84 bits per heavy atom. The molecule has 0 aromatic carbocycles. The molecule has 2 rings (SSSR count). The molecule has 0 unspecified atom stereocenters. The molecule has 0 aliphatic rings. The second kappa shape index (κ2) is 6.13. The number of nitrogens with zero attached hydrogens (tertiary/aromatic N) is 4. The molecule has 100 valence electrons. The maximum atomic E-state index is 12.0. The number of aromatic nitrogens is 3. The number of carbonyl (C=O) groups excluding carboxylic acids is 1. The van der Waals surface area contributed by atoms with E-state index in [9.17, 15) is 4.79 Å². The highest BCUT2D eigenvalue weighted by Gasteiger charge is 2.10. The van der Waals surface area contributed by atoms with Gasteiger partial charge < -0.3 is 4.90 Å². The molecular weight excluding hydrogens is 240 g/mol. The molecule has 1 amide bonds. The molecule has 0 fully saturated rings. The summed E-state index contributed by atoms with van der Waals surface area (Å²) in [5.74, 6) is 0.132. The van der Waals surface area contributed by atoms with Gasteiger partial charge in [-0.2, -0.15) is 5.10 Å². The van der Waals surface area contributed by atoms with Crippen LogP contribution in [0.5, 0.6) is 0 Å². The predicted molar refractivity (Wildman–Crippen MR) is 72.2 cm³/mol. The monoisotopic (exact) mass is 258 g/mol. The fourth-order valence-electron chi connectivity index (χ4n) is 1.90. The summed E-state index contributed by atoms with van der Waals surface area (Å²) in [6.07, 6.45) is 8.47. The summed E-state index contributed by atoms with van der Waals surface area (Å²) >= 11 is 0. The molecule has 2 aromatic heterocycles. The third-order valence-electron chi connectivity index (χ3n) is 2.95. The van der Waals surface area contributed by atoms with Crippen molar-refractivity contribution in [2.75, 3.05) is 7.05 Å². The lowest BCUT2D eigenvalue weighted by atomic mass is 10.1. The van der Waals surface area contributed by atoms with Crippen molar-refractivity contribution in [2.24, 2.45) is 7.05 Å². The van der Waals surface area contributed by atoms with Crippen LogP contribution >= 0.6 is 0 Å². The summed E-state index contributed by atoms with van der Waals surface area (Å²) in [5.41, 5.74) is 2.13. The van der Waals surface area contributed by atoms with E-state index in [1.807, 2.05) is 32.4 Å². The molecule has 0 radical (unpaired) electrons. The molecule has 0 atom stereocenters. The van der Waals surface area contributed by atoms with Gasteiger partial charge in [-0.3, -0.25) is 14.5 Å². The Morgan fingerprint density at radius 2 is 2.21 bits per heavy atom. The van der Waals surface area contributed by atoms with Gasteiger partial charge in [0.2, 0.25) is 5.91 Å². The molecular formula is C14H18N4O. The van der Waals surface area contributed by atoms with E-state index in [-0.39, 0.29) is 5.91 Å². The molecule has 2 heterocycles. The Kier molecular flexibility index (Phi) is 4.28. The van der Waals surface area contributed by atoms with Crippen LogP contribution in [0.2, 0.25) is 0 Å². The van der Waals surface area contributed by atoms with Crippen LogP contribution in [0.3, 0.4) is 0 Å². The Balaban J connectivity index is 1.82. The van der Waals surface area contributed by atoms with Gasteiger partial charge >= 0.3 is 0 Å². The van der Waals surface area contributed by atoms with Crippen molar-refractivity contribution in [3.8, 4) is 0 Å². The molecule has 0 saturated carbocycles. The van der Waals surface area contributed by atoms with E-state index in [0.29, 0.717) is 13.0 Å². The van der Waals surface area contributed by atoms with Gasteiger partial charge in [0.15, 0.2) is 0 Å². The van der Waals surface area contributed by atoms with Crippen molar-refractivity contribution in [3.63, 3.8) is 0 Å². The van der Waals surface area contributed by atoms with Gasteiger partial charge in [0.1, 0.15) is 0 Å². The smallest absolute Gasteiger partial charge is 0.222 e. The van der Waals surface area contributed by atoms with Gasteiger partial charge in [-0.15, -0.1) is 0 Å². The van der Waals surface area contributed by atoms with Crippen molar-refractivity contribution < 1.29 is 4.79 Å². The van der Waals surface area contributed by atoms with Crippen molar-refractivity contribution in [1.29, 1.82) is 0 Å². The summed E-state index contributed by atoms with van der Waals surface area (Å²) in [6, 6.07) is 3.88. The topological polar surface area (TPSA) is 51.0 Å². The first-order valence-electron chi connectivity index (χ1n) is 6.25. The van der Waals surface area contributed by atoms with Crippen molar-refractivity contribution >= 4 is 5.91 Å². The summed E-state index contributed by atoms with van der Waals surface area (Å²) in [6.45, 7) is 0.597. The van der Waals surface area contributed by atoms with Gasteiger partial charge in [0.25, 0.3) is 0 Å². The number of carbonyl (C=O) groups is 1. The average Bonchev–Trinajstić information content (AvgIpc) is 2.82. The van der Waals surface area contributed by atoms with E-state index in [2.05, 4.69) is 10.1 Å². The molecule has 0 bridgehead atoms. The van der Waals surface area contributed by atoms with Crippen LogP contribution in [0.1, 0.15) is 17.5 Å². The maximum Gasteiger partial charge on any atom is 0.222 e. The zero-order chi connectivity index (χ0) is 13.7. The van der Waals surface area contributed by atoms with Gasteiger partial charge in [-0.1, -0.05) is 6.07 Å². The molecule has 2 aromatic rings. The Bertz CT molecular complexity index is 535. The van der Waals surface area contributed by atoms with Crippen LogP contribution < -0.4 is 0 Å². The number of hydrogen-bond acceptors (Lipinski definition) is 3. The predicted octanol–water partition coefficient (Wildman–Crippen LogP) is 1.41. The first kappa shape index (κ1) is 13.3. The highest BCUT2D eigenvalue weighted by atomic mass is 16.2. The van der Waals surface area contributed by atoms with Gasteiger partial charge in [-0.05, 0) is 18.1 Å². The minimum atomic E-state index is 0.132. The summed E-state index contributed by atoms with van der Waals surface area (Å²) < 4.78 is 1.74. The van der Waals surface area contributed by atoms with Crippen LogP contribution in [0.25, 0.3) is 0 Å². The van der Waals surface area contributed by atoms with E-state index in [1.54, 1.807) is 28.2 Å². The van der Waals surface area contributed by atoms with Crippen molar-refractivity contribution in [1.82, 2.24) is 19.7 Å². The zero-order valence-corrected chi connectivity index (χ0v) is 11.3. The Hall–Kier alpha value is -2.17. The summed E-state index contributed by atoms with van der Waals surface area (Å²) in [5, 5.41) is 4.09. The molecule has 0 aliphatic carbocycles. The molecule has 0 spiro atoms. The Morgan fingerprint density at radius 1 is 1.37 bits per heavy atom. The zero-order valence-electron chi connectivity index (χ0n) is 11.3. The molecule has 0 saturated heterocycles. The number of hydrogen-bond donors (Lipinski definition) is 0. The highest BCUT2D eigenvalue weighted by molar-refractivity contribution is 5.76. The fraction of sp³-hybridized carbons (Fsp3) is 0.357. The number of amides is 1. The molecule has 19 heavy (non-hydrogen) atoms. The second-order valence-corrected chi connectivity index (χ2v) is 4.63. The quantitative estimate of drug-likeness (QED) is 0.814. The third-order valence-corrected chi connectivity index (χ3v) is 2.95. The normalized spacial score (nSPS) is 10.4. The minimum absolute atomic E-state index is 0.132. The van der Waals surface area contributed by atoms with E-state index >= 15 is 0 Å². The summed E-state index contributed by atoms with van der Waals surface area (Å²) in [4.78, 5) is 17.8. The molecule has 0 N–H and O–H groups in total. The number of rotatable bonds is 5. The molecule has 5 heteroatoms. The summed E-state index contributed by atoms with van der Waals surface area (Å²) in [7, 11) is 3.69. The third kappa shape index (κ3) is 3.91.